The average molecular weight is 356 g/mol. The molecule has 1 aromatic heterocycles. The first kappa shape index (κ1) is 17.3. The fourth-order valence-electron chi connectivity index (χ4n) is 2.34. The third-order valence-corrected chi connectivity index (χ3v) is 3.54. The van der Waals surface area contributed by atoms with Crippen molar-refractivity contribution in [3.05, 3.63) is 42.5 Å². The summed E-state index contributed by atoms with van der Waals surface area (Å²) in [7, 11) is 3.03. The highest BCUT2D eigenvalue weighted by molar-refractivity contribution is 5.69. The van der Waals surface area contributed by atoms with Gasteiger partial charge in [0.2, 0.25) is 5.82 Å². The fourth-order valence-corrected chi connectivity index (χ4v) is 2.34. The van der Waals surface area contributed by atoms with Crippen LogP contribution in [0.4, 0.5) is 0 Å². The highest BCUT2D eigenvalue weighted by Crippen LogP contribution is 2.33. The zero-order chi connectivity index (χ0) is 18.5. The number of ether oxygens (including phenoxy) is 3. The number of aromatic nitrogens is 2. The molecule has 3 aromatic rings. The maximum Gasteiger partial charge on any atom is 0.341 e. The van der Waals surface area contributed by atoms with Gasteiger partial charge < -0.3 is 23.8 Å². The van der Waals surface area contributed by atoms with Gasteiger partial charge in [0, 0.05) is 5.56 Å². The van der Waals surface area contributed by atoms with Crippen molar-refractivity contribution in [2.75, 3.05) is 20.8 Å². The van der Waals surface area contributed by atoms with Crippen LogP contribution in [0.2, 0.25) is 0 Å². The molecule has 0 spiro atoms. The molecule has 1 heterocycles. The molecule has 1 N–H and O–H groups in total. The van der Waals surface area contributed by atoms with E-state index in [0.29, 0.717) is 40.1 Å². The summed E-state index contributed by atoms with van der Waals surface area (Å²) in [5.74, 6) is 0.907. The predicted molar refractivity (Wildman–Crippen MR) is 91.4 cm³/mol. The van der Waals surface area contributed by atoms with Crippen molar-refractivity contribution < 1.29 is 28.6 Å². The van der Waals surface area contributed by atoms with Gasteiger partial charge in [-0.1, -0.05) is 17.3 Å². The van der Waals surface area contributed by atoms with Crippen LogP contribution in [0, 0.1) is 0 Å². The molecule has 0 radical (unpaired) electrons. The van der Waals surface area contributed by atoms with Gasteiger partial charge in [0.05, 0.1) is 19.8 Å². The van der Waals surface area contributed by atoms with Crippen LogP contribution in [0.15, 0.2) is 47.0 Å². The maximum absolute atomic E-state index is 10.6. The van der Waals surface area contributed by atoms with E-state index < -0.39 is 12.6 Å². The van der Waals surface area contributed by atoms with E-state index >= 15 is 0 Å². The van der Waals surface area contributed by atoms with E-state index in [2.05, 4.69) is 10.1 Å². The van der Waals surface area contributed by atoms with Crippen molar-refractivity contribution >= 4 is 5.97 Å². The minimum atomic E-state index is -1.07. The Balaban J connectivity index is 1.90. The van der Waals surface area contributed by atoms with Gasteiger partial charge in [0.15, 0.2) is 18.1 Å². The van der Waals surface area contributed by atoms with E-state index in [0.717, 1.165) is 0 Å². The largest absolute Gasteiger partial charge is 0.496 e. The minimum absolute atomic E-state index is 0.312. The number of rotatable bonds is 7. The van der Waals surface area contributed by atoms with Crippen LogP contribution in [0.3, 0.4) is 0 Å². The lowest BCUT2D eigenvalue weighted by atomic mass is 10.2. The number of hydrogen-bond acceptors (Lipinski definition) is 7. The van der Waals surface area contributed by atoms with Crippen LogP contribution in [0.1, 0.15) is 0 Å². The van der Waals surface area contributed by atoms with Crippen LogP contribution in [-0.4, -0.2) is 42.0 Å². The smallest absolute Gasteiger partial charge is 0.341 e. The molecule has 0 fully saturated rings. The van der Waals surface area contributed by atoms with Crippen LogP contribution in [-0.2, 0) is 4.79 Å². The van der Waals surface area contributed by atoms with E-state index in [1.165, 1.54) is 7.11 Å². The van der Waals surface area contributed by atoms with Crippen LogP contribution < -0.4 is 14.2 Å². The summed E-state index contributed by atoms with van der Waals surface area (Å²) in [6.07, 6.45) is 0. The van der Waals surface area contributed by atoms with Crippen molar-refractivity contribution in [1.82, 2.24) is 10.1 Å². The van der Waals surface area contributed by atoms with Crippen molar-refractivity contribution in [2.24, 2.45) is 0 Å². The Kier molecular flexibility index (Phi) is 5.02. The highest BCUT2D eigenvalue weighted by Gasteiger charge is 2.16. The molecular weight excluding hydrogens is 340 g/mol. The van der Waals surface area contributed by atoms with Crippen LogP contribution >= 0.6 is 0 Å². The topological polar surface area (TPSA) is 104 Å². The summed E-state index contributed by atoms with van der Waals surface area (Å²) >= 11 is 0. The molecule has 0 unspecified atom stereocenters. The van der Waals surface area contributed by atoms with E-state index in [1.54, 1.807) is 31.4 Å². The lowest BCUT2D eigenvalue weighted by molar-refractivity contribution is -0.139. The SMILES string of the molecule is COc1cc(-c2noc(-c3ccccc3OC)n2)ccc1OCC(=O)O. The average Bonchev–Trinajstić information content (AvgIpc) is 3.16. The van der Waals surface area contributed by atoms with Crippen molar-refractivity contribution in [2.45, 2.75) is 0 Å². The fraction of sp³-hybridized carbons (Fsp3) is 0.167. The third-order valence-electron chi connectivity index (χ3n) is 3.54. The van der Waals surface area contributed by atoms with Gasteiger partial charge in [-0.15, -0.1) is 0 Å². The first-order valence-corrected chi connectivity index (χ1v) is 7.62. The van der Waals surface area contributed by atoms with Crippen LogP contribution in [0.25, 0.3) is 22.8 Å². The lowest BCUT2D eigenvalue weighted by Crippen LogP contribution is -2.10. The van der Waals surface area contributed by atoms with Crippen molar-refractivity contribution in [3.63, 3.8) is 0 Å². The Morgan fingerprint density at radius 1 is 1.08 bits per heavy atom. The third kappa shape index (κ3) is 3.59. The number of aliphatic carboxylic acids is 1. The molecule has 0 aliphatic rings. The molecule has 0 aliphatic carbocycles. The van der Waals surface area contributed by atoms with Crippen molar-refractivity contribution in [3.8, 4) is 40.1 Å². The number of para-hydroxylation sites is 1. The number of hydrogen-bond donors (Lipinski definition) is 1. The molecule has 134 valence electrons. The summed E-state index contributed by atoms with van der Waals surface area (Å²) in [5.41, 5.74) is 1.32. The van der Waals surface area contributed by atoms with E-state index in [-0.39, 0.29) is 0 Å². The van der Waals surface area contributed by atoms with Crippen LogP contribution in [0.5, 0.6) is 17.2 Å². The number of carbonyl (C=O) groups is 1. The molecular formula is C18H16N2O6. The van der Waals surface area contributed by atoms with Crippen molar-refractivity contribution in [1.29, 1.82) is 0 Å². The van der Waals surface area contributed by atoms with Gasteiger partial charge in [-0.05, 0) is 30.3 Å². The number of nitrogens with zero attached hydrogens (tertiary/aromatic N) is 2. The Hall–Kier alpha value is -3.55. The second kappa shape index (κ2) is 7.56. The Labute approximate surface area is 148 Å². The molecule has 0 saturated carbocycles. The van der Waals surface area contributed by atoms with Gasteiger partial charge in [-0.2, -0.15) is 4.98 Å². The molecule has 3 rings (SSSR count). The first-order valence-electron chi connectivity index (χ1n) is 7.62. The highest BCUT2D eigenvalue weighted by atomic mass is 16.5. The predicted octanol–water partition coefficient (Wildman–Crippen LogP) is 2.88. The minimum Gasteiger partial charge on any atom is -0.496 e. The molecule has 0 amide bonds. The number of carboxylic acid groups (broad SMARTS) is 1. The molecule has 0 saturated heterocycles. The quantitative estimate of drug-likeness (QED) is 0.689. The summed E-state index contributed by atoms with van der Waals surface area (Å²) in [4.78, 5) is 15.0. The standard InChI is InChI=1S/C18H16N2O6/c1-23-13-6-4-3-5-12(13)18-19-17(20-26-18)11-7-8-14(15(9-11)24-2)25-10-16(21)22/h3-9H,10H2,1-2H3,(H,21,22). The van der Waals surface area contributed by atoms with Gasteiger partial charge >= 0.3 is 5.97 Å². The van der Waals surface area contributed by atoms with E-state index in [1.807, 2.05) is 18.2 Å². The zero-order valence-corrected chi connectivity index (χ0v) is 14.1. The molecule has 8 heteroatoms. The van der Waals surface area contributed by atoms with E-state index in [4.69, 9.17) is 23.8 Å². The van der Waals surface area contributed by atoms with Gasteiger partial charge in [-0.25, -0.2) is 4.79 Å². The molecule has 2 aromatic carbocycles. The second-order valence-corrected chi connectivity index (χ2v) is 5.17. The molecule has 0 aliphatic heterocycles. The Morgan fingerprint density at radius 3 is 2.58 bits per heavy atom. The Morgan fingerprint density at radius 2 is 1.85 bits per heavy atom. The lowest BCUT2D eigenvalue weighted by Gasteiger charge is -2.09. The van der Waals surface area contributed by atoms with Gasteiger partial charge in [0.1, 0.15) is 5.75 Å². The summed E-state index contributed by atoms with van der Waals surface area (Å²) in [5, 5.41) is 12.7. The van der Waals surface area contributed by atoms with E-state index in [9.17, 15) is 4.79 Å². The molecule has 8 nitrogen and oxygen atoms in total. The monoisotopic (exact) mass is 356 g/mol. The normalized spacial score (nSPS) is 10.4. The summed E-state index contributed by atoms with van der Waals surface area (Å²) in [6, 6.07) is 12.2. The summed E-state index contributed by atoms with van der Waals surface area (Å²) < 4.78 is 21.1. The maximum atomic E-state index is 10.6. The molecule has 0 atom stereocenters. The number of benzene rings is 2. The second-order valence-electron chi connectivity index (χ2n) is 5.17. The zero-order valence-electron chi connectivity index (χ0n) is 14.1. The number of carboxylic acids is 1. The summed E-state index contributed by atoms with van der Waals surface area (Å²) in [6.45, 7) is -0.462. The number of methoxy groups -OCH3 is 2. The van der Waals surface area contributed by atoms with Gasteiger partial charge in [0.25, 0.3) is 5.89 Å². The Bertz CT molecular complexity index is 922. The molecule has 26 heavy (non-hydrogen) atoms. The molecule has 0 bridgehead atoms. The van der Waals surface area contributed by atoms with Gasteiger partial charge in [-0.3, -0.25) is 0 Å². The first-order chi connectivity index (χ1) is 12.6.